The second-order valence-corrected chi connectivity index (χ2v) is 5.53. The molecule has 2 aromatic rings. The molecule has 0 aromatic carbocycles. The summed E-state index contributed by atoms with van der Waals surface area (Å²) in [5.41, 5.74) is 1.21. The van der Waals surface area contributed by atoms with Crippen molar-refractivity contribution in [2.24, 2.45) is 0 Å². The molecule has 0 aliphatic heterocycles. The number of nitrogens with zero attached hydrogens (tertiary/aromatic N) is 2. The van der Waals surface area contributed by atoms with Crippen molar-refractivity contribution in [3.63, 3.8) is 0 Å². The quantitative estimate of drug-likeness (QED) is 0.942. The van der Waals surface area contributed by atoms with Crippen LogP contribution in [0.2, 0.25) is 5.15 Å². The molecule has 0 aliphatic rings. The molecule has 0 amide bonds. The van der Waals surface area contributed by atoms with Crippen molar-refractivity contribution in [2.45, 2.75) is 6.54 Å². The van der Waals surface area contributed by atoms with Crippen LogP contribution in [0.4, 0.5) is 5.82 Å². The molecule has 0 spiro atoms. The van der Waals surface area contributed by atoms with Crippen molar-refractivity contribution in [3.05, 3.63) is 38.1 Å². The molecule has 0 aliphatic carbocycles. The third-order valence-corrected chi connectivity index (χ3v) is 3.48. The Hall–Kier alpha value is -0.650. The molecule has 0 unspecified atom stereocenters. The molecule has 0 fully saturated rings. The molecule has 0 saturated heterocycles. The first-order valence-corrected chi connectivity index (χ1v) is 6.25. The van der Waals surface area contributed by atoms with E-state index in [1.54, 1.807) is 23.5 Å². The minimum Gasteiger partial charge on any atom is -0.364 e. The maximum atomic E-state index is 5.63. The first kappa shape index (κ1) is 10.9. The van der Waals surface area contributed by atoms with E-state index in [4.69, 9.17) is 11.6 Å². The van der Waals surface area contributed by atoms with Crippen molar-refractivity contribution in [3.8, 4) is 0 Å². The van der Waals surface area contributed by atoms with Crippen molar-refractivity contribution < 1.29 is 0 Å². The van der Waals surface area contributed by atoms with Gasteiger partial charge in [0.15, 0.2) is 5.15 Å². The number of halogens is 2. The summed E-state index contributed by atoms with van der Waals surface area (Å²) in [6, 6.07) is 5.58. The van der Waals surface area contributed by atoms with Crippen LogP contribution in [0.25, 0.3) is 0 Å². The van der Waals surface area contributed by atoms with Gasteiger partial charge in [-0.15, -0.1) is 21.5 Å². The Morgan fingerprint density at radius 1 is 1.40 bits per heavy atom. The van der Waals surface area contributed by atoms with E-state index in [9.17, 15) is 0 Å². The van der Waals surface area contributed by atoms with Gasteiger partial charge in [0.2, 0.25) is 0 Å². The second kappa shape index (κ2) is 4.92. The van der Waals surface area contributed by atoms with Gasteiger partial charge in [-0.1, -0.05) is 11.6 Å². The van der Waals surface area contributed by atoms with Gasteiger partial charge in [-0.3, -0.25) is 0 Å². The molecule has 0 atom stereocenters. The molecule has 78 valence electrons. The molecular weight excluding hydrogens is 298 g/mol. The van der Waals surface area contributed by atoms with Gasteiger partial charge in [-0.05, 0) is 45.1 Å². The van der Waals surface area contributed by atoms with E-state index in [0.717, 1.165) is 16.1 Å². The van der Waals surface area contributed by atoms with E-state index in [2.05, 4.69) is 42.9 Å². The van der Waals surface area contributed by atoms with Crippen LogP contribution in [0.5, 0.6) is 0 Å². The third-order valence-electron chi connectivity index (χ3n) is 1.73. The van der Waals surface area contributed by atoms with Crippen molar-refractivity contribution in [1.29, 1.82) is 0 Å². The van der Waals surface area contributed by atoms with Crippen LogP contribution in [-0.2, 0) is 6.54 Å². The van der Waals surface area contributed by atoms with Crippen molar-refractivity contribution in [2.75, 3.05) is 5.32 Å². The predicted octanol–water partition coefficient (Wildman–Crippen LogP) is 3.57. The number of hydrogen-bond donors (Lipinski definition) is 1. The van der Waals surface area contributed by atoms with E-state index in [0.29, 0.717) is 5.15 Å². The fraction of sp³-hybridized carbons (Fsp3) is 0.111. The first-order valence-electron chi connectivity index (χ1n) is 4.20. The van der Waals surface area contributed by atoms with Gasteiger partial charge in [-0.25, -0.2) is 0 Å². The Bertz CT molecular complexity index is 443. The second-order valence-electron chi connectivity index (χ2n) is 2.85. The van der Waals surface area contributed by atoms with Gasteiger partial charge in [0.05, 0.1) is 3.79 Å². The van der Waals surface area contributed by atoms with Gasteiger partial charge >= 0.3 is 0 Å². The summed E-state index contributed by atoms with van der Waals surface area (Å²) in [6.07, 6.45) is 0. The highest BCUT2D eigenvalue weighted by molar-refractivity contribution is 9.11. The number of anilines is 1. The fourth-order valence-corrected chi connectivity index (χ4v) is 2.35. The van der Waals surface area contributed by atoms with Crippen LogP contribution in [0.1, 0.15) is 5.56 Å². The smallest absolute Gasteiger partial charge is 0.151 e. The zero-order valence-electron chi connectivity index (χ0n) is 7.58. The van der Waals surface area contributed by atoms with Gasteiger partial charge < -0.3 is 5.32 Å². The summed E-state index contributed by atoms with van der Waals surface area (Å²) in [5, 5.41) is 13.3. The predicted molar refractivity (Wildman–Crippen MR) is 66.4 cm³/mol. The van der Waals surface area contributed by atoms with Crippen molar-refractivity contribution in [1.82, 2.24) is 10.2 Å². The van der Waals surface area contributed by atoms with Crippen LogP contribution in [0.3, 0.4) is 0 Å². The molecule has 0 bridgehead atoms. The Morgan fingerprint density at radius 2 is 2.27 bits per heavy atom. The summed E-state index contributed by atoms with van der Waals surface area (Å²) in [6.45, 7) is 0.735. The lowest BCUT2D eigenvalue weighted by atomic mass is 10.3. The Kier molecular flexibility index (Phi) is 3.56. The molecule has 2 aromatic heterocycles. The standard InChI is InChI=1S/C9H7BrClN3S/c10-7-3-6(5-15-7)4-12-9-2-1-8(11)13-14-9/h1-3,5H,4H2,(H,12,14). The monoisotopic (exact) mass is 303 g/mol. The highest BCUT2D eigenvalue weighted by atomic mass is 79.9. The summed E-state index contributed by atoms with van der Waals surface area (Å²) in [5.74, 6) is 0.724. The summed E-state index contributed by atoms with van der Waals surface area (Å²) >= 11 is 10.7. The number of hydrogen-bond acceptors (Lipinski definition) is 4. The van der Waals surface area contributed by atoms with E-state index >= 15 is 0 Å². The lowest BCUT2D eigenvalue weighted by Crippen LogP contribution is -2.00. The normalized spacial score (nSPS) is 10.3. The highest BCUT2D eigenvalue weighted by Crippen LogP contribution is 2.21. The van der Waals surface area contributed by atoms with Crippen LogP contribution in [0.15, 0.2) is 27.4 Å². The third kappa shape index (κ3) is 3.15. The maximum Gasteiger partial charge on any atom is 0.151 e. The molecule has 15 heavy (non-hydrogen) atoms. The number of aromatic nitrogens is 2. The Labute approximate surface area is 105 Å². The Morgan fingerprint density at radius 3 is 2.87 bits per heavy atom. The van der Waals surface area contributed by atoms with Crippen LogP contribution in [0, 0.1) is 0 Å². The summed E-state index contributed by atoms with van der Waals surface area (Å²) in [7, 11) is 0. The zero-order valence-corrected chi connectivity index (χ0v) is 10.7. The van der Waals surface area contributed by atoms with E-state index in [1.165, 1.54) is 5.56 Å². The van der Waals surface area contributed by atoms with Gasteiger partial charge in [0.25, 0.3) is 0 Å². The molecule has 6 heteroatoms. The topological polar surface area (TPSA) is 37.8 Å². The average Bonchev–Trinajstić information content (AvgIpc) is 2.64. The fourth-order valence-electron chi connectivity index (χ4n) is 1.04. The minimum absolute atomic E-state index is 0.402. The number of rotatable bonds is 3. The zero-order chi connectivity index (χ0) is 10.7. The molecule has 0 saturated carbocycles. The lowest BCUT2D eigenvalue weighted by Gasteiger charge is -2.02. The van der Waals surface area contributed by atoms with E-state index in [1.807, 2.05) is 0 Å². The highest BCUT2D eigenvalue weighted by Gasteiger charge is 1.98. The van der Waals surface area contributed by atoms with Gasteiger partial charge in [0, 0.05) is 6.54 Å². The SMILES string of the molecule is Clc1ccc(NCc2csc(Br)c2)nn1. The minimum atomic E-state index is 0.402. The lowest BCUT2D eigenvalue weighted by molar-refractivity contribution is 1.00. The first-order chi connectivity index (χ1) is 7.24. The molecule has 2 heterocycles. The number of thiophene rings is 1. The summed E-state index contributed by atoms with van der Waals surface area (Å²) in [4.78, 5) is 0. The molecule has 1 N–H and O–H groups in total. The maximum absolute atomic E-state index is 5.63. The van der Waals surface area contributed by atoms with E-state index in [-0.39, 0.29) is 0 Å². The largest absolute Gasteiger partial charge is 0.364 e. The molecular formula is C9H7BrClN3S. The van der Waals surface area contributed by atoms with Gasteiger partial charge in [0.1, 0.15) is 5.82 Å². The molecule has 2 rings (SSSR count). The van der Waals surface area contributed by atoms with Crippen LogP contribution < -0.4 is 5.32 Å². The van der Waals surface area contributed by atoms with Crippen LogP contribution >= 0.6 is 38.9 Å². The van der Waals surface area contributed by atoms with E-state index < -0.39 is 0 Å². The van der Waals surface area contributed by atoms with Gasteiger partial charge in [-0.2, -0.15) is 0 Å². The Balaban J connectivity index is 1.96. The summed E-state index contributed by atoms with van der Waals surface area (Å²) < 4.78 is 1.13. The average molecular weight is 305 g/mol. The van der Waals surface area contributed by atoms with Crippen molar-refractivity contribution >= 4 is 44.7 Å². The van der Waals surface area contributed by atoms with Crippen LogP contribution in [-0.4, -0.2) is 10.2 Å². The number of nitrogens with one attached hydrogen (secondary N) is 1. The molecule has 0 radical (unpaired) electrons. The molecule has 3 nitrogen and oxygen atoms in total.